The van der Waals surface area contributed by atoms with Crippen molar-refractivity contribution in [2.24, 2.45) is 0 Å². The predicted molar refractivity (Wildman–Crippen MR) is 82.3 cm³/mol. The number of nitrogens with one attached hydrogen (secondary N) is 1. The first-order chi connectivity index (χ1) is 10.7. The van der Waals surface area contributed by atoms with Crippen molar-refractivity contribution in [1.29, 1.82) is 0 Å². The van der Waals surface area contributed by atoms with Gasteiger partial charge in [0.05, 0.1) is 7.11 Å². The number of rotatable bonds is 5. The van der Waals surface area contributed by atoms with Gasteiger partial charge in [0.25, 0.3) is 0 Å². The minimum atomic E-state index is -0.192. The Hall–Kier alpha value is -2.21. The Kier molecular flexibility index (Phi) is 4.48. The molecule has 1 N–H and O–H groups in total. The van der Waals surface area contributed by atoms with E-state index in [1.165, 1.54) is 18.5 Å². The van der Waals surface area contributed by atoms with E-state index in [0.717, 1.165) is 37.4 Å². The molecule has 6 heteroatoms. The SMILES string of the molecule is COc1cc(NC2CCN(Cc3ccc(F)cc3)C2)ncn1. The summed E-state index contributed by atoms with van der Waals surface area (Å²) in [6.07, 6.45) is 2.54. The summed E-state index contributed by atoms with van der Waals surface area (Å²) in [6, 6.07) is 8.84. The first kappa shape index (κ1) is 14.7. The van der Waals surface area contributed by atoms with Gasteiger partial charge in [-0.2, -0.15) is 0 Å². The average molecular weight is 302 g/mol. The third-order valence-corrected chi connectivity index (χ3v) is 3.79. The van der Waals surface area contributed by atoms with Gasteiger partial charge in [0.15, 0.2) is 0 Å². The number of nitrogens with zero attached hydrogens (tertiary/aromatic N) is 3. The standard InChI is InChI=1S/C16H19FN4O/c1-22-16-8-15(18-11-19-16)20-14-6-7-21(10-14)9-12-2-4-13(17)5-3-12/h2-5,8,11,14H,6-7,9-10H2,1H3,(H,18,19,20). The van der Waals surface area contributed by atoms with Crippen molar-refractivity contribution >= 4 is 5.82 Å². The summed E-state index contributed by atoms with van der Waals surface area (Å²) in [4.78, 5) is 10.6. The highest BCUT2D eigenvalue weighted by atomic mass is 19.1. The third-order valence-electron chi connectivity index (χ3n) is 3.79. The second kappa shape index (κ2) is 6.70. The van der Waals surface area contributed by atoms with Gasteiger partial charge < -0.3 is 10.1 Å². The van der Waals surface area contributed by atoms with Crippen molar-refractivity contribution in [2.45, 2.75) is 19.0 Å². The van der Waals surface area contributed by atoms with Crippen LogP contribution in [0.25, 0.3) is 0 Å². The van der Waals surface area contributed by atoms with Gasteiger partial charge in [0, 0.05) is 31.7 Å². The maximum Gasteiger partial charge on any atom is 0.218 e. The van der Waals surface area contributed by atoms with Gasteiger partial charge in [-0.05, 0) is 24.1 Å². The van der Waals surface area contributed by atoms with Crippen LogP contribution in [-0.4, -0.2) is 41.1 Å². The van der Waals surface area contributed by atoms with Crippen LogP contribution in [0.15, 0.2) is 36.7 Å². The third kappa shape index (κ3) is 3.71. The smallest absolute Gasteiger partial charge is 0.218 e. The van der Waals surface area contributed by atoms with E-state index in [1.807, 2.05) is 12.1 Å². The molecule has 2 heterocycles. The van der Waals surface area contributed by atoms with Crippen molar-refractivity contribution in [3.63, 3.8) is 0 Å². The molecule has 0 spiro atoms. The molecule has 0 amide bonds. The molecule has 0 aliphatic carbocycles. The van der Waals surface area contributed by atoms with E-state index in [2.05, 4.69) is 20.2 Å². The maximum absolute atomic E-state index is 12.9. The summed E-state index contributed by atoms with van der Waals surface area (Å²) in [5.41, 5.74) is 1.13. The monoisotopic (exact) mass is 302 g/mol. The fraction of sp³-hybridized carbons (Fsp3) is 0.375. The topological polar surface area (TPSA) is 50.3 Å². The van der Waals surface area contributed by atoms with E-state index >= 15 is 0 Å². The van der Waals surface area contributed by atoms with Gasteiger partial charge in [-0.25, -0.2) is 14.4 Å². The minimum absolute atomic E-state index is 0.192. The molecule has 5 nitrogen and oxygen atoms in total. The molecule has 22 heavy (non-hydrogen) atoms. The molecule has 3 rings (SSSR count). The number of hydrogen-bond acceptors (Lipinski definition) is 5. The highest BCUT2D eigenvalue weighted by Crippen LogP contribution is 2.18. The lowest BCUT2D eigenvalue weighted by Crippen LogP contribution is -2.26. The zero-order valence-corrected chi connectivity index (χ0v) is 12.5. The van der Waals surface area contributed by atoms with E-state index in [0.29, 0.717) is 11.9 Å². The minimum Gasteiger partial charge on any atom is -0.481 e. The highest BCUT2D eigenvalue weighted by Gasteiger charge is 2.22. The van der Waals surface area contributed by atoms with E-state index in [1.54, 1.807) is 13.2 Å². The Balaban J connectivity index is 1.54. The Morgan fingerprint density at radius 1 is 1.32 bits per heavy atom. The molecule has 0 bridgehead atoms. The second-order valence-corrected chi connectivity index (χ2v) is 5.44. The molecule has 1 aromatic heterocycles. The van der Waals surface area contributed by atoms with Crippen LogP contribution in [-0.2, 0) is 6.54 Å². The summed E-state index contributed by atoms with van der Waals surface area (Å²) in [7, 11) is 1.59. The number of anilines is 1. The molecule has 1 fully saturated rings. The number of benzene rings is 1. The molecule has 1 aliphatic heterocycles. The van der Waals surface area contributed by atoms with Crippen LogP contribution in [0.2, 0.25) is 0 Å². The Morgan fingerprint density at radius 3 is 2.91 bits per heavy atom. The molecule has 1 saturated heterocycles. The molecular weight excluding hydrogens is 283 g/mol. The highest BCUT2D eigenvalue weighted by molar-refractivity contribution is 5.38. The molecular formula is C16H19FN4O. The molecule has 1 aromatic carbocycles. The van der Waals surface area contributed by atoms with Crippen LogP contribution in [0, 0.1) is 5.82 Å². The molecule has 2 aromatic rings. The summed E-state index contributed by atoms with van der Waals surface area (Å²) in [5, 5.41) is 3.41. The Morgan fingerprint density at radius 2 is 2.14 bits per heavy atom. The van der Waals surface area contributed by atoms with E-state index in [4.69, 9.17) is 4.74 Å². The Bertz CT molecular complexity index is 620. The Labute approximate surface area is 129 Å². The number of methoxy groups -OCH3 is 1. The second-order valence-electron chi connectivity index (χ2n) is 5.44. The van der Waals surface area contributed by atoms with Crippen LogP contribution in [0.4, 0.5) is 10.2 Å². The zero-order valence-electron chi connectivity index (χ0n) is 12.5. The maximum atomic E-state index is 12.9. The van der Waals surface area contributed by atoms with E-state index < -0.39 is 0 Å². The first-order valence-electron chi connectivity index (χ1n) is 7.32. The quantitative estimate of drug-likeness (QED) is 0.918. The van der Waals surface area contributed by atoms with Crippen LogP contribution in [0.1, 0.15) is 12.0 Å². The van der Waals surface area contributed by atoms with Gasteiger partial charge in [0.2, 0.25) is 5.88 Å². The molecule has 1 unspecified atom stereocenters. The summed E-state index contributed by atoms with van der Waals surface area (Å²) < 4.78 is 18.0. The van der Waals surface area contributed by atoms with Crippen LogP contribution in [0.3, 0.4) is 0 Å². The van der Waals surface area contributed by atoms with Crippen LogP contribution in [0.5, 0.6) is 5.88 Å². The van der Waals surface area contributed by atoms with Gasteiger partial charge in [-0.15, -0.1) is 0 Å². The van der Waals surface area contributed by atoms with Crippen molar-refractivity contribution in [3.05, 3.63) is 48.0 Å². The van der Waals surface area contributed by atoms with Gasteiger partial charge in [-0.1, -0.05) is 12.1 Å². The molecule has 1 aliphatic rings. The number of halogens is 1. The summed E-state index contributed by atoms with van der Waals surface area (Å²) in [5.74, 6) is 1.14. The van der Waals surface area contributed by atoms with E-state index in [-0.39, 0.29) is 5.82 Å². The predicted octanol–water partition coefficient (Wildman–Crippen LogP) is 2.31. The van der Waals surface area contributed by atoms with Gasteiger partial charge >= 0.3 is 0 Å². The van der Waals surface area contributed by atoms with Gasteiger partial charge in [-0.3, -0.25) is 4.90 Å². The fourth-order valence-electron chi connectivity index (χ4n) is 2.68. The number of ether oxygens (including phenoxy) is 1. The van der Waals surface area contributed by atoms with Crippen LogP contribution < -0.4 is 10.1 Å². The zero-order chi connectivity index (χ0) is 15.4. The number of aromatic nitrogens is 2. The van der Waals surface area contributed by atoms with Crippen molar-refractivity contribution in [1.82, 2.24) is 14.9 Å². The van der Waals surface area contributed by atoms with Crippen molar-refractivity contribution in [2.75, 3.05) is 25.5 Å². The number of hydrogen-bond donors (Lipinski definition) is 1. The van der Waals surface area contributed by atoms with Crippen molar-refractivity contribution in [3.8, 4) is 5.88 Å². The average Bonchev–Trinajstić information content (AvgIpc) is 2.97. The lowest BCUT2D eigenvalue weighted by atomic mass is 10.2. The summed E-state index contributed by atoms with van der Waals surface area (Å²) in [6.45, 7) is 2.78. The first-order valence-corrected chi connectivity index (χ1v) is 7.32. The largest absolute Gasteiger partial charge is 0.481 e. The normalized spacial score (nSPS) is 18.4. The van der Waals surface area contributed by atoms with E-state index in [9.17, 15) is 4.39 Å². The lowest BCUT2D eigenvalue weighted by Gasteiger charge is -2.17. The fourth-order valence-corrected chi connectivity index (χ4v) is 2.68. The molecule has 0 radical (unpaired) electrons. The van der Waals surface area contributed by atoms with Crippen LogP contribution >= 0.6 is 0 Å². The van der Waals surface area contributed by atoms with Crippen molar-refractivity contribution < 1.29 is 9.13 Å². The molecule has 116 valence electrons. The number of likely N-dealkylation sites (tertiary alicyclic amines) is 1. The lowest BCUT2D eigenvalue weighted by molar-refractivity contribution is 0.328. The summed E-state index contributed by atoms with van der Waals surface area (Å²) >= 11 is 0. The van der Waals surface area contributed by atoms with Gasteiger partial charge in [0.1, 0.15) is 18.0 Å². The molecule has 0 saturated carbocycles. The molecule has 1 atom stereocenters.